The Hall–Kier alpha value is -1.40. The number of ketones is 1. The SMILES string of the molecule is Cc1cc(CC(=O)CN2CCOCC2)nn1-c1ccc(Cl)cc1Cl. The Labute approximate surface area is 151 Å². The van der Waals surface area contributed by atoms with Crippen molar-refractivity contribution >= 4 is 29.0 Å². The molecule has 1 aromatic carbocycles. The zero-order valence-electron chi connectivity index (χ0n) is 13.5. The first kappa shape index (κ1) is 17.4. The predicted octanol–water partition coefficient (Wildman–Crippen LogP) is 2.93. The molecule has 128 valence electrons. The monoisotopic (exact) mass is 367 g/mol. The molecule has 1 fully saturated rings. The van der Waals surface area contributed by atoms with Gasteiger partial charge in [-0.25, -0.2) is 4.68 Å². The highest BCUT2D eigenvalue weighted by Gasteiger charge is 2.17. The minimum absolute atomic E-state index is 0.156. The molecule has 2 heterocycles. The molecular weight excluding hydrogens is 349 g/mol. The summed E-state index contributed by atoms with van der Waals surface area (Å²) in [5, 5.41) is 5.63. The van der Waals surface area contributed by atoms with E-state index in [4.69, 9.17) is 27.9 Å². The van der Waals surface area contributed by atoms with Crippen LogP contribution in [0.25, 0.3) is 5.69 Å². The van der Waals surface area contributed by atoms with E-state index >= 15 is 0 Å². The number of halogens is 2. The van der Waals surface area contributed by atoms with E-state index in [1.165, 1.54) is 0 Å². The van der Waals surface area contributed by atoms with Gasteiger partial charge in [-0.05, 0) is 31.2 Å². The number of Topliss-reactive ketones (excluding diaryl/α,β-unsaturated/α-hetero) is 1. The first-order chi connectivity index (χ1) is 11.5. The first-order valence-electron chi connectivity index (χ1n) is 7.85. The van der Waals surface area contributed by atoms with E-state index in [1.54, 1.807) is 16.8 Å². The van der Waals surface area contributed by atoms with Crippen molar-refractivity contribution in [2.45, 2.75) is 13.3 Å². The lowest BCUT2D eigenvalue weighted by molar-refractivity contribution is -0.120. The molecule has 2 aromatic rings. The number of hydrogen-bond acceptors (Lipinski definition) is 4. The van der Waals surface area contributed by atoms with Gasteiger partial charge in [0.2, 0.25) is 0 Å². The summed E-state index contributed by atoms with van der Waals surface area (Å²) >= 11 is 12.2. The van der Waals surface area contributed by atoms with E-state index in [-0.39, 0.29) is 5.78 Å². The number of ether oxygens (including phenoxy) is 1. The maximum atomic E-state index is 12.3. The van der Waals surface area contributed by atoms with E-state index in [0.29, 0.717) is 36.2 Å². The van der Waals surface area contributed by atoms with Crippen LogP contribution in [0.5, 0.6) is 0 Å². The van der Waals surface area contributed by atoms with Crippen LogP contribution in [0.4, 0.5) is 0 Å². The smallest absolute Gasteiger partial charge is 0.152 e. The van der Waals surface area contributed by atoms with E-state index in [2.05, 4.69) is 10.00 Å². The highest BCUT2D eigenvalue weighted by atomic mass is 35.5. The van der Waals surface area contributed by atoms with Gasteiger partial charge < -0.3 is 4.74 Å². The largest absolute Gasteiger partial charge is 0.379 e. The summed E-state index contributed by atoms with van der Waals surface area (Å²) in [6.07, 6.45) is 0.316. The van der Waals surface area contributed by atoms with Gasteiger partial charge in [0, 0.05) is 23.8 Å². The molecule has 5 nitrogen and oxygen atoms in total. The van der Waals surface area contributed by atoms with Crippen LogP contribution < -0.4 is 0 Å². The quantitative estimate of drug-likeness (QED) is 0.814. The van der Waals surface area contributed by atoms with Crippen molar-refractivity contribution in [1.29, 1.82) is 0 Å². The maximum absolute atomic E-state index is 12.3. The van der Waals surface area contributed by atoms with Crippen LogP contribution in [0.1, 0.15) is 11.4 Å². The zero-order valence-corrected chi connectivity index (χ0v) is 15.0. The summed E-state index contributed by atoms with van der Waals surface area (Å²) in [6.45, 7) is 5.37. The van der Waals surface area contributed by atoms with E-state index in [0.717, 1.165) is 30.2 Å². The maximum Gasteiger partial charge on any atom is 0.152 e. The van der Waals surface area contributed by atoms with Crippen molar-refractivity contribution in [3.05, 3.63) is 45.7 Å². The number of morpholine rings is 1. The Balaban J connectivity index is 1.70. The van der Waals surface area contributed by atoms with Crippen molar-refractivity contribution in [2.75, 3.05) is 32.8 Å². The van der Waals surface area contributed by atoms with Gasteiger partial charge in [-0.2, -0.15) is 5.10 Å². The van der Waals surface area contributed by atoms with Gasteiger partial charge in [-0.1, -0.05) is 23.2 Å². The van der Waals surface area contributed by atoms with E-state index in [1.807, 2.05) is 19.1 Å². The molecule has 1 aliphatic heterocycles. The van der Waals surface area contributed by atoms with Crippen LogP contribution in [-0.4, -0.2) is 53.3 Å². The van der Waals surface area contributed by atoms with Crippen LogP contribution in [0.2, 0.25) is 10.0 Å². The number of aryl methyl sites for hydroxylation is 1. The average molecular weight is 368 g/mol. The van der Waals surface area contributed by atoms with Crippen LogP contribution >= 0.6 is 23.2 Å². The second-order valence-electron chi connectivity index (χ2n) is 5.89. The summed E-state index contributed by atoms with van der Waals surface area (Å²) in [5.41, 5.74) is 2.43. The van der Waals surface area contributed by atoms with Gasteiger partial charge >= 0.3 is 0 Å². The van der Waals surface area contributed by atoms with Gasteiger partial charge in [0.25, 0.3) is 0 Å². The van der Waals surface area contributed by atoms with Gasteiger partial charge in [0.05, 0.1) is 42.6 Å². The Bertz CT molecular complexity index is 739. The second-order valence-corrected chi connectivity index (χ2v) is 6.73. The lowest BCUT2D eigenvalue weighted by atomic mass is 10.2. The normalized spacial score (nSPS) is 15.6. The van der Waals surface area contributed by atoms with Crippen molar-refractivity contribution in [3.63, 3.8) is 0 Å². The Morgan fingerprint density at radius 2 is 2.00 bits per heavy atom. The van der Waals surface area contributed by atoms with Crippen molar-refractivity contribution in [2.24, 2.45) is 0 Å². The molecule has 0 bridgehead atoms. The fourth-order valence-corrected chi connectivity index (χ4v) is 3.28. The fourth-order valence-electron chi connectivity index (χ4n) is 2.79. The molecule has 0 saturated carbocycles. The zero-order chi connectivity index (χ0) is 17.1. The molecule has 1 aliphatic rings. The third kappa shape index (κ3) is 4.16. The molecule has 0 amide bonds. The Kier molecular flexibility index (Phi) is 5.56. The molecule has 7 heteroatoms. The molecule has 0 radical (unpaired) electrons. The highest BCUT2D eigenvalue weighted by molar-refractivity contribution is 6.35. The fraction of sp³-hybridized carbons (Fsp3) is 0.412. The highest BCUT2D eigenvalue weighted by Crippen LogP contribution is 2.25. The van der Waals surface area contributed by atoms with Crippen LogP contribution in [0, 0.1) is 6.92 Å². The Morgan fingerprint density at radius 1 is 1.25 bits per heavy atom. The lowest BCUT2D eigenvalue weighted by Gasteiger charge is -2.25. The lowest BCUT2D eigenvalue weighted by Crippen LogP contribution is -2.39. The summed E-state index contributed by atoms with van der Waals surface area (Å²) < 4.78 is 7.04. The number of aromatic nitrogens is 2. The summed E-state index contributed by atoms with van der Waals surface area (Å²) in [6, 6.07) is 7.20. The molecule has 0 N–H and O–H groups in total. The molecule has 0 spiro atoms. The molecule has 1 aromatic heterocycles. The van der Waals surface area contributed by atoms with Crippen molar-refractivity contribution in [1.82, 2.24) is 14.7 Å². The third-order valence-corrected chi connectivity index (χ3v) is 4.50. The van der Waals surface area contributed by atoms with Crippen molar-refractivity contribution < 1.29 is 9.53 Å². The minimum Gasteiger partial charge on any atom is -0.379 e. The summed E-state index contributed by atoms with van der Waals surface area (Å²) in [7, 11) is 0. The van der Waals surface area contributed by atoms with E-state index in [9.17, 15) is 4.79 Å². The predicted molar refractivity (Wildman–Crippen MR) is 94.3 cm³/mol. The van der Waals surface area contributed by atoms with Crippen molar-refractivity contribution in [3.8, 4) is 5.69 Å². The van der Waals surface area contributed by atoms with Gasteiger partial charge in [0.1, 0.15) is 0 Å². The standard InChI is InChI=1S/C17H19Cl2N3O2/c1-12-8-14(10-15(23)11-21-4-6-24-7-5-21)20-22(12)17-3-2-13(18)9-16(17)19/h2-3,8-9H,4-7,10-11H2,1H3. The molecular formula is C17H19Cl2N3O2. The number of benzene rings is 1. The number of hydrogen-bond donors (Lipinski definition) is 0. The average Bonchev–Trinajstić information content (AvgIpc) is 2.88. The van der Waals surface area contributed by atoms with Crippen LogP contribution in [-0.2, 0) is 16.0 Å². The molecule has 3 rings (SSSR count). The molecule has 1 saturated heterocycles. The van der Waals surface area contributed by atoms with Gasteiger partial charge in [0.15, 0.2) is 5.78 Å². The Morgan fingerprint density at radius 3 is 2.71 bits per heavy atom. The topological polar surface area (TPSA) is 47.4 Å². The molecule has 0 atom stereocenters. The number of carbonyl (C=O) groups is 1. The van der Waals surface area contributed by atoms with Gasteiger partial charge in [-0.3, -0.25) is 9.69 Å². The third-order valence-electron chi connectivity index (χ3n) is 3.96. The summed E-state index contributed by atoms with van der Waals surface area (Å²) in [4.78, 5) is 14.4. The summed E-state index contributed by atoms with van der Waals surface area (Å²) in [5.74, 6) is 0.156. The second kappa shape index (κ2) is 7.66. The number of nitrogens with zero attached hydrogens (tertiary/aromatic N) is 3. The molecule has 24 heavy (non-hydrogen) atoms. The van der Waals surface area contributed by atoms with Crippen LogP contribution in [0.3, 0.4) is 0 Å². The van der Waals surface area contributed by atoms with Gasteiger partial charge in [-0.15, -0.1) is 0 Å². The van der Waals surface area contributed by atoms with Crippen LogP contribution in [0.15, 0.2) is 24.3 Å². The minimum atomic E-state index is 0.156. The molecule has 0 aliphatic carbocycles. The molecule has 0 unspecified atom stereocenters. The number of carbonyl (C=O) groups excluding carboxylic acids is 1. The number of rotatable bonds is 5. The first-order valence-corrected chi connectivity index (χ1v) is 8.61. The van der Waals surface area contributed by atoms with E-state index < -0.39 is 0 Å².